The third-order valence-corrected chi connectivity index (χ3v) is 3.62. The molecule has 1 aromatic carbocycles. The number of benzene rings is 1. The van der Waals surface area contributed by atoms with Crippen molar-refractivity contribution in [3.63, 3.8) is 0 Å². The van der Waals surface area contributed by atoms with E-state index in [0.717, 1.165) is 6.42 Å². The van der Waals surface area contributed by atoms with Crippen LogP contribution in [0.3, 0.4) is 0 Å². The fourth-order valence-electron chi connectivity index (χ4n) is 2.14. The van der Waals surface area contributed by atoms with E-state index in [9.17, 15) is 9.59 Å². The van der Waals surface area contributed by atoms with E-state index in [1.165, 1.54) is 10.5 Å². The standard InChI is InChI=1S/C15H17ClN2O3/c1-11-6-8-17(9-7-11)15(21)18(10-14(19)20)13-4-2-12(16)3-5-13/h2-6H,7-10H2,1H3,(H,19,20). The maximum absolute atomic E-state index is 12.6. The summed E-state index contributed by atoms with van der Waals surface area (Å²) in [5.74, 6) is -1.05. The van der Waals surface area contributed by atoms with Crippen molar-refractivity contribution in [2.75, 3.05) is 24.5 Å². The number of carbonyl (C=O) groups is 2. The van der Waals surface area contributed by atoms with Gasteiger partial charge in [0.25, 0.3) is 0 Å². The fourth-order valence-corrected chi connectivity index (χ4v) is 2.27. The molecular weight excluding hydrogens is 292 g/mol. The molecule has 5 nitrogen and oxygen atoms in total. The van der Waals surface area contributed by atoms with Crippen LogP contribution in [0.25, 0.3) is 0 Å². The predicted octanol–water partition coefficient (Wildman–Crippen LogP) is 3.00. The average Bonchev–Trinajstić information content (AvgIpc) is 2.46. The van der Waals surface area contributed by atoms with Crippen molar-refractivity contribution in [1.29, 1.82) is 0 Å². The van der Waals surface area contributed by atoms with E-state index in [-0.39, 0.29) is 12.6 Å². The van der Waals surface area contributed by atoms with Gasteiger partial charge in [-0.2, -0.15) is 0 Å². The summed E-state index contributed by atoms with van der Waals surface area (Å²) in [4.78, 5) is 26.5. The number of carboxylic acid groups (broad SMARTS) is 1. The van der Waals surface area contributed by atoms with Crippen LogP contribution in [0.4, 0.5) is 10.5 Å². The minimum absolute atomic E-state index is 0.302. The van der Waals surface area contributed by atoms with Gasteiger partial charge in [-0.25, -0.2) is 4.79 Å². The Balaban J connectivity index is 2.21. The van der Waals surface area contributed by atoms with Gasteiger partial charge in [0.05, 0.1) is 0 Å². The second kappa shape index (κ2) is 6.63. The third-order valence-electron chi connectivity index (χ3n) is 3.37. The first-order chi connectivity index (χ1) is 9.97. The molecule has 0 aromatic heterocycles. The van der Waals surface area contributed by atoms with Gasteiger partial charge in [0, 0.05) is 23.8 Å². The van der Waals surface area contributed by atoms with Crippen molar-refractivity contribution < 1.29 is 14.7 Å². The largest absolute Gasteiger partial charge is 0.480 e. The van der Waals surface area contributed by atoms with Gasteiger partial charge in [-0.15, -0.1) is 0 Å². The summed E-state index contributed by atoms with van der Waals surface area (Å²) < 4.78 is 0. The van der Waals surface area contributed by atoms with E-state index >= 15 is 0 Å². The van der Waals surface area contributed by atoms with Crippen LogP contribution in [0.1, 0.15) is 13.3 Å². The topological polar surface area (TPSA) is 60.9 Å². The number of rotatable bonds is 3. The summed E-state index contributed by atoms with van der Waals surface area (Å²) in [5, 5.41) is 9.58. The molecule has 2 amide bonds. The van der Waals surface area contributed by atoms with Crippen molar-refractivity contribution in [1.82, 2.24) is 4.90 Å². The normalized spacial score (nSPS) is 14.6. The number of hydrogen-bond donors (Lipinski definition) is 1. The Morgan fingerprint density at radius 2 is 2.00 bits per heavy atom. The van der Waals surface area contributed by atoms with Crippen molar-refractivity contribution in [3.8, 4) is 0 Å². The van der Waals surface area contributed by atoms with Gasteiger partial charge in [-0.1, -0.05) is 23.3 Å². The van der Waals surface area contributed by atoms with Crippen LogP contribution >= 0.6 is 11.6 Å². The van der Waals surface area contributed by atoms with Crippen LogP contribution in [0, 0.1) is 0 Å². The molecule has 1 N–H and O–H groups in total. The molecule has 1 aliphatic rings. The van der Waals surface area contributed by atoms with Crippen LogP contribution in [0.5, 0.6) is 0 Å². The van der Waals surface area contributed by atoms with Crippen molar-refractivity contribution in [2.45, 2.75) is 13.3 Å². The number of carboxylic acids is 1. The number of urea groups is 1. The van der Waals surface area contributed by atoms with E-state index in [2.05, 4.69) is 0 Å². The highest BCUT2D eigenvalue weighted by Crippen LogP contribution is 2.20. The number of aliphatic carboxylic acids is 1. The van der Waals surface area contributed by atoms with Crippen LogP contribution < -0.4 is 4.90 Å². The second-order valence-corrected chi connectivity index (χ2v) is 5.42. The first-order valence-corrected chi connectivity index (χ1v) is 7.04. The zero-order valence-corrected chi connectivity index (χ0v) is 12.5. The molecule has 2 rings (SSSR count). The molecular formula is C15H17ClN2O3. The molecule has 0 unspecified atom stereocenters. The van der Waals surface area contributed by atoms with Gasteiger partial charge in [-0.05, 0) is 37.6 Å². The highest BCUT2D eigenvalue weighted by atomic mass is 35.5. The van der Waals surface area contributed by atoms with Crippen molar-refractivity contribution >= 4 is 29.3 Å². The van der Waals surface area contributed by atoms with Crippen LogP contribution in [-0.2, 0) is 4.79 Å². The number of halogens is 1. The quantitative estimate of drug-likeness (QED) is 0.873. The van der Waals surface area contributed by atoms with E-state index < -0.39 is 5.97 Å². The SMILES string of the molecule is CC1=CCN(C(=O)N(CC(=O)O)c2ccc(Cl)cc2)CC1. The molecule has 1 aromatic rings. The number of hydrogen-bond acceptors (Lipinski definition) is 2. The maximum Gasteiger partial charge on any atom is 0.325 e. The Morgan fingerprint density at radius 3 is 2.52 bits per heavy atom. The maximum atomic E-state index is 12.6. The molecule has 0 spiro atoms. The number of amides is 2. The Kier molecular flexibility index (Phi) is 4.85. The van der Waals surface area contributed by atoms with Crippen molar-refractivity contribution in [3.05, 3.63) is 40.9 Å². The lowest BCUT2D eigenvalue weighted by atomic mass is 10.1. The lowest BCUT2D eigenvalue weighted by Gasteiger charge is -2.31. The van der Waals surface area contributed by atoms with Crippen LogP contribution in [0.15, 0.2) is 35.9 Å². The molecule has 112 valence electrons. The molecule has 0 aliphatic carbocycles. The summed E-state index contributed by atoms with van der Waals surface area (Å²) >= 11 is 5.83. The van der Waals surface area contributed by atoms with Crippen LogP contribution in [0.2, 0.25) is 5.02 Å². The van der Waals surface area contributed by atoms with E-state index in [1.807, 2.05) is 13.0 Å². The Morgan fingerprint density at radius 1 is 1.33 bits per heavy atom. The molecule has 0 saturated carbocycles. The van der Waals surface area contributed by atoms with E-state index in [4.69, 9.17) is 16.7 Å². The molecule has 1 heterocycles. The van der Waals surface area contributed by atoms with E-state index in [0.29, 0.717) is 23.8 Å². The van der Waals surface area contributed by atoms with Crippen molar-refractivity contribution in [2.24, 2.45) is 0 Å². The van der Waals surface area contributed by atoms with Gasteiger partial charge < -0.3 is 10.0 Å². The molecule has 6 heteroatoms. The average molecular weight is 309 g/mol. The molecule has 21 heavy (non-hydrogen) atoms. The molecule has 0 fully saturated rings. The Labute approximate surface area is 128 Å². The molecule has 0 atom stereocenters. The second-order valence-electron chi connectivity index (χ2n) is 4.99. The number of nitrogens with zero attached hydrogens (tertiary/aromatic N) is 2. The summed E-state index contributed by atoms with van der Waals surface area (Å²) in [5.41, 5.74) is 1.77. The Hall–Kier alpha value is -2.01. The number of carbonyl (C=O) groups excluding carboxylic acids is 1. The summed E-state index contributed by atoms with van der Waals surface area (Å²) in [7, 11) is 0. The lowest BCUT2D eigenvalue weighted by Crippen LogP contribution is -2.47. The minimum Gasteiger partial charge on any atom is -0.480 e. The van der Waals surface area contributed by atoms with Gasteiger partial charge in [0.15, 0.2) is 0 Å². The monoisotopic (exact) mass is 308 g/mol. The van der Waals surface area contributed by atoms with Crippen LogP contribution in [-0.4, -0.2) is 41.6 Å². The first-order valence-electron chi connectivity index (χ1n) is 6.67. The Bertz CT molecular complexity index is 569. The first kappa shape index (κ1) is 15.4. The minimum atomic E-state index is -1.05. The fraction of sp³-hybridized carbons (Fsp3) is 0.333. The van der Waals surface area contributed by atoms with Gasteiger partial charge >= 0.3 is 12.0 Å². The highest BCUT2D eigenvalue weighted by Gasteiger charge is 2.25. The smallest absolute Gasteiger partial charge is 0.325 e. The molecule has 0 bridgehead atoms. The van der Waals surface area contributed by atoms with Gasteiger partial charge in [-0.3, -0.25) is 9.69 Å². The predicted molar refractivity (Wildman–Crippen MR) is 81.8 cm³/mol. The molecule has 0 saturated heterocycles. The zero-order chi connectivity index (χ0) is 15.4. The van der Waals surface area contributed by atoms with Gasteiger partial charge in [0.2, 0.25) is 0 Å². The molecule has 0 radical (unpaired) electrons. The third kappa shape index (κ3) is 3.98. The summed E-state index contributed by atoms with van der Waals surface area (Å²) in [6.07, 6.45) is 2.80. The van der Waals surface area contributed by atoms with E-state index in [1.54, 1.807) is 29.2 Å². The molecule has 1 aliphatic heterocycles. The summed E-state index contributed by atoms with van der Waals surface area (Å²) in [6.45, 7) is 2.76. The highest BCUT2D eigenvalue weighted by molar-refractivity contribution is 6.30. The zero-order valence-electron chi connectivity index (χ0n) is 11.8. The van der Waals surface area contributed by atoms with Gasteiger partial charge in [0.1, 0.15) is 6.54 Å². The summed E-state index contributed by atoms with van der Waals surface area (Å²) in [6, 6.07) is 6.27. The number of anilines is 1. The lowest BCUT2D eigenvalue weighted by molar-refractivity contribution is -0.135.